The van der Waals surface area contributed by atoms with Crippen LogP contribution in [0.2, 0.25) is 10.0 Å². The quantitative estimate of drug-likeness (QED) is 0.103. The number of sulfonamides is 2. The van der Waals surface area contributed by atoms with Gasteiger partial charge in [0.15, 0.2) is 23.2 Å². The topological polar surface area (TPSA) is 196 Å². The van der Waals surface area contributed by atoms with Crippen molar-refractivity contribution in [2.45, 2.75) is 36.7 Å². The molecule has 6 aromatic rings. The van der Waals surface area contributed by atoms with Gasteiger partial charge >= 0.3 is 0 Å². The molecule has 2 aromatic carbocycles. The van der Waals surface area contributed by atoms with E-state index >= 15 is 0 Å². The minimum absolute atomic E-state index is 0.00710. The normalized spacial score (nSPS) is 11.2. The highest BCUT2D eigenvalue weighted by atomic mass is 35.5. The Balaban J connectivity index is 0.000000218. The van der Waals surface area contributed by atoms with Gasteiger partial charge in [-0.25, -0.2) is 26.8 Å². The summed E-state index contributed by atoms with van der Waals surface area (Å²) in [4.78, 5) is 41.4. The fraction of sp³-hybridized carbons (Fsp3) is 0.128. The lowest BCUT2D eigenvalue weighted by molar-refractivity contribution is 0.103. The summed E-state index contributed by atoms with van der Waals surface area (Å²) in [5, 5.41) is 0.418. The van der Waals surface area contributed by atoms with Gasteiger partial charge in [0.25, 0.3) is 20.0 Å². The Kier molecular flexibility index (Phi) is 13.9. The molecule has 4 aromatic heterocycles. The Labute approximate surface area is 339 Å². The Morgan fingerprint density at radius 3 is 1.39 bits per heavy atom. The van der Waals surface area contributed by atoms with Gasteiger partial charge in [-0.15, -0.1) is 0 Å². The maximum atomic E-state index is 12.8. The van der Waals surface area contributed by atoms with Crippen LogP contribution in [0.15, 0.2) is 132 Å². The molecule has 57 heavy (non-hydrogen) atoms. The second-order valence-electron chi connectivity index (χ2n) is 12.0. The third-order valence-electron chi connectivity index (χ3n) is 7.50. The third kappa shape index (κ3) is 11.3. The van der Waals surface area contributed by atoms with E-state index in [0.717, 1.165) is 0 Å². The number of carbonyl (C=O) groups is 2. The van der Waals surface area contributed by atoms with Crippen LogP contribution in [0.5, 0.6) is 11.5 Å². The number of rotatable bonds is 14. The van der Waals surface area contributed by atoms with Crippen molar-refractivity contribution in [1.29, 1.82) is 0 Å². The van der Waals surface area contributed by atoms with Crippen LogP contribution in [0.25, 0.3) is 0 Å². The average Bonchev–Trinajstić information content (AvgIpc) is 3.20. The molecule has 0 saturated heterocycles. The minimum Gasteiger partial charge on any atom is -0.494 e. The van der Waals surface area contributed by atoms with Crippen LogP contribution in [0, 0.1) is 0 Å². The molecule has 0 radical (unpaired) electrons. The van der Waals surface area contributed by atoms with Crippen LogP contribution in [0.1, 0.15) is 52.6 Å². The first-order chi connectivity index (χ1) is 27.2. The molecule has 0 saturated carbocycles. The highest BCUT2D eigenvalue weighted by Gasteiger charge is 2.23. The molecule has 2 N–H and O–H groups in total. The number of pyridine rings is 4. The number of hydrogen-bond acceptors (Lipinski definition) is 12. The van der Waals surface area contributed by atoms with Gasteiger partial charge in [0.05, 0.1) is 43.7 Å². The van der Waals surface area contributed by atoms with E-state index in [1.54, 1.807) is 24.3 Å². The third-order valence-corrected chi connectivity index (χ3v) is 10.6. The molecule has 18 heteroatoms. The second kappa shape index (κ2) is 18.8. The van der Waals surface area contributed by atoms with E-state index in [1.165, 1.54) is 97.8 Å². The molecular weight excluding hydrogens is 816 g/mol. The Morgan fingerprint density at radius 2 is 1.02 bits per heavy atom. The summed E-state index contributed by atoms with van der Waals surface area (Å²) in [7, 11) is -7.96. The first-order valence-electron chi connectivity index (χ1n) is 16.9. The summed E-state index contributed by atoms with van der Waals surface area (Å²) in [5.41, 5.74) is 0.737. The molecule has 14 nitrogen and oxygen atoms in total. The first kappa shape index (κ1) is 42.2. The number of ether oxygens (including phenoxy) is 2. The summed E-state index contributed by atoms with van der Waals surface area (Å²) in [6.45, 7) is 6.05. The van der Waals surface area contributed by atoms with Gasteiger partial charge in [0.2, 0.25) is 0 Å². The van der Waals surface area contributed by atoms with Crippen molar-refractivity contribution < 1.29 is 35.9 Å². The first-order valence-corrected chi connectivity index (χ1v) is 20.6. The molecule has 0 bridgehead atoms. The van der Waals surface area contributed by atoms with Crippen molar-refractivity contribution in [3.63, 3.8) is 0 Å². The van der Waals surface area contributed by atoms with Gasteiger partial charge in [-0.2, -0.15) is 0 Å². The monoisotopic (exact) mass is 848 g/mol. The van der Waals surface area contributed by atoms with Crippen LogP contribution < -0.4 is 18.9 Å². The summed E-state index contributed by atoms with van der Waals surface area (Å²) in [6.07, 6.45) is 8.37. The van der Waals surface area contributed by atoms with E-state index in [-0.39, 0.29) is 48.7 Å². The number of nitrogens with zero attached hydrogens (tertiary/aromatic N) is 4. The average molecular weight is 850 g/mol. The number of anilines is 2. The van der Waals surface area contributed by atoms with Crippen molar-refractivity contribution in [3.05, 3.63) is 154 Å². The minimum atomic E-state index is -3.99. The molecule has 294 valence electrons. The number of benzene rings is 2. The van der Waals surface area contributed by atoms with E-state index in [2.05, 4.69) is 29.4 Å². The summed E-state index contributed by atoms with van der Waals surface area (Å²) >= 11 is 11.9. The molecule has 4 heterocycles. The molecule has 0 aliphatic carbocycles. The van der Waals surface area contributed by atoms with Crippen LogP contribution in [-0.2, 0) is 20.0 Å². The summed E-state index contributed by atoms with van der Waals surface area (Å²) < 4.78 is 66.6. The lowest BCUT2D eigenvalue weighted by Gasteiger charge is -2.13. The Bertz CT molecular complexity index is 2570. The Hall–Kier alpha value is -5.94. The largest absolute Gasteiger partial charge is 0.494 e. The molecule has 0 aliphatic heterocycles. The lowest BCUT2D eigenvalue weighted by Crippen LogP contribution is -2.17. The van der Waals surface area contributed by atoms with Crippen LogP contribution in [-0.4, -0.2) is 61.0 Å². The van der Waals surface area contributed by atoms with E-state index in [0.29, 0.717) is 29.2 Å². The highest BCUT2D eigenvalue weighted by molar-refractivity contribution is 7.93. The zero-order valence-corrected chi connectivity index (χ0v) is 33.6. The number of carbonyl (C=O) groups excluding carboxylic acids is 2. The maximum absolute atomic E-state index is 12.8. The molecule has 0 fully saturated rings. The number of nitrogens with one attached hydrogen (secondary N) is 2. The van der Waals surface area contributed by atoms with E-state index in [9.17, 15) is 26.4 Å². The smallest absolute Gasteiger partial charge is 0.263 e. The zero-order chi connectivity index (χ0) is 41.2. The number of halogens is 2. The predicted molar refractivity (Wildman–Crippen MR) is 215 cm³/mol. The van der Waals surface area contributed by atoms with Gasteiger partial charge in [0.1, 0.15) is 11.5 Å². The van der Waals surface area contributed by atoms with Crippen LogP contribution >= 0.6 is 23.2 Å². The second-order valence-corrected chi connectivity index (χ2v) is 16.2. The zero-order valence-electron chi connectivity index (χ0n) is 30.5. The van der Waals surface area contributed by atoms with Gasteiger partial charge in [-0.05, 0) is 106 Å². The molecular formula is C39H34Cl2N6O8S2. The van der Waals surface area contributed by atoms with Crippen molar-refractivity contribution in [2.24, 2.45) is 0 Å². The van der Waals surface area contributed by atoms with Crippen LogP contribution in [0.3, 0.4) is 0 Å². The van der Waals surface area contributed by atoms with Gasteiger partial charge in [-0.1, -0.05) is 23.2 Å². The van der Waals surface area contributed by atoms with Gasteiger partial charge in [-0.3, -0.25) is 29.0 Å². The molecule has 0 amide bonds. The van der Waals surface area contributed by atoms with E-state index < -0.39 is 31.6 Å². The lowest BCUT2D eigenvalue weighted by atomic mass is 10.1. The molecule has 6 rings (SSSR count). The highest BCUT2D eigenvalue weighted by Crippen LogP contribution is 2.26. The van der Waals surface area contributed by atoms with E-state index in [4.69, 9.17) is 32.7 Å². The number of ketones is 2. The van der Waals surface area contributed by atoms with E-state index in [1.807, 2.05) is 20.8 Å². The van der Waals surface area contributed by atoms with Crippen molar-refractivity contribution in [1.82, 2.24) is 19.9 Å². The number of hydrogen-bond donors (Lipinski definition) is 2. The molecule has 0 spiro atoms. The SMILES string of the molecule is CC(C)Oc1ccc(S(=O)(=O)Nc2ncc(Cl)cc2C(=O)c2ccncc2)cc1.CCOc1ccc(S(=O)(=O)Nc2ncc(Cl)cc2C(=O)c2ccncc2)cc1. The Morgan fingerprint density at radius 1 is 0.632 bits per heavy atom. The molecule has 0 aliphatic rings. The fourth-order valence-corrected chi connectivity index (χ4v) is 7.30. The maximum Gasteiger partial charge on any atom is 0.263 e. The van der Waals surface area contributed by atoms with Crippen molar-refractivity contribution >= 4 is 66.5 Å². The van der Waals surface area contributed by atoms with Crippen LogP contribution in [0.4, 0.5) is 11.6 Å². The predicted octanol–water partition coefficient (Wildman–Crippen LogP) is 7.51. The van der Waals surface area contributed by atoms with Gasteiger partial charge in [0, 0.05) is 48.3 Å². The molecule has 0 atom stereocenters. The number of aromatic nitrogens is 4. The van der Waals surface area contributed by atoms with Crippen molar-refractivity contribution in [3.8, 4) is 11.5 Å². The summed E-state index contributed by atoms with van der Waals surface area (Å²) in [5.74, 6) is 0.0261. The fourth-order valence-electron chi connectivity index (χ4n) is 4.93. The van der Waals surface area contributed by atoms with Crippen molar-refractivity contribution in [2.75, 3.05) is 16.1 Å². The molecule has 0 unspecified atom stereocenters. The standard InChI is InChI=1S/C20H18ClN3O4S.C19H16ClN3O4S/c1-13(2)28-16-3-5-17(6-4-16)29(26,27)24-20-18(11-15(21)12-23-20)19(25)14-7-9-22-10-8-14;1-2-27-15-3-5-16(6-4-15)28(25,26)23-19-17(11-14(20)12-22-19)18(24)13-7-9-21-10-8-13/h3-13H,1-2H3,(H,23,24);3-12H,2H2,1H3,(H,22,23). The summed E-state index contributed by atoms with van der Waals surface area (Å²) in [6, 6.07) is 20.7. The van der Waals surface area contributed by atoms with Gasteiger partial charge < -0.3 is 9.47 Å².